The van der Waals surface area contributed by atoms with Crippen LogP contribution in [0.15, 0.2) is 72.9 Å². The van der Waals surface area contributed by atoms with Crippen LogP contribution in [-0.2, 0) is 6.73 Å². The molecule has 0 spiro atoms. The number of halogens is 1. The fourth-order valence-electron chi connectivity index (χ4n) is 3.51. The Bertz CT molecular complexity index is 1490. The van der Waals surface area contributed by atoms with E-state index in [4.69, 9.17) is 21.3 Å². The number of aromatic nitrogens is 3. The van der Waals surface area contributed by atoms with Crippen LogP contribution in [0.5, 0.6) is 5.75 Å². The van der Waals surface area contributed by atoms with E-state index in [9.17, 15) is 4.79 Å². The first kappa shape index (κ1) is 22.1. The molecule has 5 rings (SSSR count). The van der Waals surface area contributed by atoms with Crippen molar-refractivity contribution in [2.75, 3.05) is 5.32 Å². The highest BCUT2D eigenvalue weighted by molar-refractivity contribution is 7.21. The summed E-state index contributed by atoms with van der Waals surface area (Å²) in [6, 6.07) is 21.0. The van der Waals surface area contributed by atoms with Gasteiger partial charge in [0.15, 0.2) is 12.4 Å². The zero-order chi connectivity index (χ0) is 23.7. The number of fused-ring (bicyclic) bond motifs is 1. The first-order chi connectivity index (χ1) is 16.4. The molecule has 2 heterocycles. The van der Waals surface area contributed by atoms with E-state index in [1.807, 2.05) is 49.4 Å². The van der Waals surface area contributed by atoms with Crippen molar-refractivity contribution in [1.82, 2.24) is 14.8 Å². The maximum atomic E-state index is 12.6. The Hall–Kier alpha value is -3.68. The van der Waals surface area contributed by atoms with E-state index in [-0.39, 0.29) is 12.6 Å². The van der Waals surface area contributed by atoms with Crippen LogP contribution in [0.3, 0.4) is 0 Å². The minimum atomic E-state index is -0.287. The van der Waals surface area contributed by atoms with Crippen molar-refractivity contribution >= 4 is 44.7 Å². The summed E-state index contributed by atoms with van der Waals surface area (Å²) in [5.74, 6) is 0.430. The van der Waals surface area contributed by atoms with Gasteiger partial charge in [0.1, 0.15) is 10.8 Å². The van der Waals surface area contributed by atoms with Gasteiger partial charge in [-0.3, -0.25) is 4.79 Å². The van der Waals surface area contributed by atoms with Crippen molar-refractivity contribution in [3.8, 4) is 16.3 Å². The van der Waals surface area contributed by atoms with Crippen molar-refractivity contribution in [2.24, 2.45) is 0 Å². The van der Waals surface area contributed by atoms with Gasteiger partial charge in [-0.25, -0.2) is 9.67 Å². The van der Waals surface area contributed by atoms with Crippen LogP contribution in [-0.4, -0.2) is 20.7 Å². The highest BCUT2D eigenvalue weighted by Crippen LogP contribution is 2.31. The van der Waals surface area contributed by atoms with Gasteiger partial charge in [-0.05, 0) is 85.6 Å². The molecule has 3 aromatic carbocycles. The largest absolute Gasteiger partial charge is 0.471 e. The summed E-state index contributed by atoms with van der Waals surface area (Å²) in [6.45, 7) is 4.19. The van der Waals surface area contributed by atoms with Crippen molar-refractivity contribution in [3.05, 3.63) is 94.8 Å². The van der Waals surface area contributed by atoms with Gasteiger partial charge in [0, 0.05) is 22.5 Å². The van der Waals surface area contributed by atoms with Crippen molar-refractivity contribution in [1.29, 1.82) is 0 Å². The van der Waals surface area contributed by atoms with Crippen LogP contribution >= 0.6 is 22.9 Å². The molecule has 0 bridgehead atoms. The number of carbonyl (C=O) groups is 1. The molecular formula is C26H21ClN4O2S. The number of hydrogen-bond donors (Lipinski definition) is 1. The minimum absolute atomic E-state index is 0.187. The molecule has 0 aliphatic rings. The second-order valence-corrected chi connectivity index (χ2v) is 9.41. The Morgan fingerprint density at radius 3 is 2.68 bits per heavy atom. The first-order valence-corrected chi connectivity index (χ1v) is 11.9. The lowest BCUT2D eigenvalue weighted by Crippen LogP contribution is -2.14. The van der Waals surface area contributed by atoms with Gasteiger partial charge in [-0.15, -0.1) is 11.3 Å². The van der Waals surface area contributed by atoms with Crippen LogP contribution in [0.1, 0.15) is 21.6 Å². The fraction of sp³-hybridized carbons (Fsp3) is 0.115. The summed E-state index contributed by atoms with van der Waals surface area (Å²) in [7, 11) is 0. The van der Waals surface area contributed by atoms with Gasteiger partial charge >= 0.3 is 0 Å². The number of thiazole rings is 1. The number of aryl methyl sites for hydroxylation is 2. The van der Waals surface area contributed by atoms with Crippen molar-refractivity contribution in [3.63, 3.8) is 0 Å². The SMILES string of the molecule is Cc1ccc2nc(-c3ccc(NC(=O)c4ccn(COc5ccc(Cl)cc5C)n4)cc3)sc2c1. The number of nitrogens with one attached hydrogen (secondary N) is 1. The summed E-state index contributed by atoms with van der Waals surface area (Å²) in [4.78, 5) is 17.4. The highest BCUT2D eigenvalue weighted by atomic mass is 35.5. The quantitative estimate of drug-likeness (QED) is 0.288. The first-order valence-electron chi connectivity index (χ1n) is 10.7. The predicted molar refractivity (Wildman–Crippen MR) is 137 cm³/mol. The molecule has 0 atom stereocenters. The third-order valence-electron chi connectivity index (χ3n) is 5.30. The Morgan fingerprint density at radius 1 is 1.06 bits per heavy atom. The maximum Gasteiger partial charge on any atom is 0.276 e. The fourth-order valence-corrected chi connectivity index (χ4v) is 4.81. The van der Waals surface area contributed by atoms with Crippen molar-refractivity contribution < 1.29 is 9.53 Å². The molecule has 2 aromatic heterocycles. The highest BCUT2D eigenvalue weighted by Gasteiger charge is 2.12. The third-order valence-corrected chi connectivity index (χ3v) is 6.60. The van der Waals surface area contributed by atoms with E-state index in [1.54, 1.807) is 34.3 Å². The van der Waals surface area contributed by atoms with Crippen molar-refractivity contribution in [2.45, 2.75) is 20.6 Å². The number of rotatable bonds is 6. The number of amides is 1. The molecule has 8 heteroatoms. The zero-order valence-corrected chi connectivity index (χ0v) is 20.2. The number of benzene rings is 3. The lowest BCUT2D eigenvalue weighted by atomic mass is 10.2. The molecule has 0 saturated carbocycles. The Morgan fingerprint density at radius 2 is 1.88 bits per heavy atom. The van der Waals surface area contributed by atoms with Crippen LogP contribution in [0.25, 0.3) is 20.8 Å². The molecule has 0 unspecified atom stereocenters. The number of carbonyl (C=O) groups excluding carboxylic acids is 1. The van der Waals surface area contributed by atoms with Crippen LogP contribution in [0.2, 0.25) is 5.02 Å². The number of hydrogen-bond acceptors (Lipinski definition) is 5. The van der Waals surface area contributed by atoms with Crippen LogP contribution in [0, 0.1) is 13.8 Å². The van der Waals surface area contributed by atoms with Gasteiger partial charge in [0.05, 0.1) is 10.2 Å². The van der Waals surface area contributed by atoms with Gasteiger partial charge in [-0.2, -0.15) is 5.10 Å². The molecule has 170 valence electrons. The molecule has 1 amide bonds. The lowest BCUT2D eigenvalue weighted by Gasteiger charge is -2.09. The van der Waals surface area contributed by atoms with Crippen LogP contribution < -0.4 is 10.1 Å². The van der Waals surface area contributed by atoms with E-state index in [2.05, 4.69) is 29.5 Å². The Balaban J connectivity index is 1.22. The summed E-state index contributed by atoms with van der Waals surface area (Å²) in [6.07, 6.45) is 1.71. The topological polar surface area (TPSA) is 69.0 Å². The predicted octanol–water partition coefficient (Wildman–Crippen LogP) is 6.72. The molecule has 0 radical (unpaired) electrons. The molecule has 0 saturated heterocycles. The zero-order valence-electron chi connectivity index (χ0n) is 18.6. The number of ether oxygens (including phenoxy) is 1. The summed E-state index contributed by atoms with van der Waals surface area (Å²) < 4.78 is 8.51. The van der Waals surface area contributed by atoms with Gasteiger partial charge in [0.25, 0.3) is 5.91 Å². The molecule has 0 fully saturated rings. The van der Waals surface area contributed by atoms with Gasteiger partial charge in [0.2, 0.25) is 0 Å². The monoisotopic (exact) mass is 488 g/mol. The van der Waals surface area contributed by atoms with E-state index in [0.29, 0.717) is 22.2 Å². The van der Waals surface area contributed by atoms with Crippen LogP contribution in [0.4, 0.5) is 5.69 Å². The molecule has 34 heavy (non-hydrogen) atoms. The summed E-state index contributed by atoms with van der Waals surface area (Å²) >= 11 is 7.64. The molecule has 5 aromatic rings. The number of anilines is 1. The average molecular weight is 489 g/mol. The maximum absolute atomic E-state index is 12.6. The summed E-state index contributed by atoms with van der Waals surface area (Å²) in [5, 5.41) is 8.81. The molecule has 1 N–H and O–H groups in total. The average Bonchev–Trinajstić information content (AvgIpc) is 3.46. The van der Waals surface area contributed by atoms with Gasteiger partial charge < -0.3 is 10.1 Å². The smallest absolute Gasteiger partial charge is 0.276 e. The summed E-state index contributed by atoms with van der Waals surface area (Å²) in [5.41, 5.74) is 5.15. The number of nitrogens with zero attached hydrogens (tertiary/aromatic N) is 3. The molecular weight excluding hydrogens is 468 g/mol. The molecule has 0 aliphatic heterocycles. The Labute approximate surface area is 205 Å². The third kappa shape index (κ3) is 4.81. The normalized spacial score (nSPS) is 11.0. The second-order valence-electron chi connectivity index (χ2n) is 7.95. The lowest BCUT2D eigenvalue weighted by molar-refractivity contribution is 0.102. The minimum Gasteiger partial charge on any atom is -0.471 e. The second kappa shape index (κ2) is 9.29. The van der Waals surface area contributed by atoms with E-state index in [1.165, 1.54) is 5.56 Å². The van der Waals surface area contributed by atoms with E-state index < -0.39 is 0 Å². The molecule has 0 aliphatic carbocycles. The van der Waals surface area contributed by atoms with E-state index in [0.717, 1.165) is 26.4 Å². The Kier molecular flexibility index (Phi) is 6.04. The molecule has 6 nitrogen and oxygen atoms in total. The van der Waals surface area contributed by atoms with E-state index >= 15 is 0 Å². The standard InChI is InChI=1S/C26H21ClN4O2S/c1-16-3-9-21-24(13-16)34-26(29-21)18-4-7-20(8-5-18)28-25(32)22-11-12-31(30-22)15-33-23-10-6-19(27)14-17(23)2/h3-14H,15H2,1-2H3,(H,28,32). The van der Waals surface area contributed by atoms with Gasteiger partial charge in [-0.1, -0.05) is 17.7 Å².